The van der Waals surface area contributed by atoms with Crippen LogP contribution in [0.2, 0.25) is 0 Å². The van der Waals surface area contributed by atoms with Gasteiger partial charge in [-0.25, -0.2) is 17.9 Å². The van der Waals surface area contributed by atoms with Crippen molar-refractivity contribution in [2.75, 3.05) is 6.54 Å². The first-order valence-electron chi connectivity index (χ1n) is 10.5. The molecule has 3 rings (SSSR count). The molecule has 0 saturated heterocycles. The van der Waals surface area contributed by atoms with E-state index in [1.807, 2.05) is 24.3 Å². The van der Waals surface area contributed by atoms with Gasteiger partial charge in [0.2, 0.25) is 10.0 Å². The molecule has 0 spiro atoms. The molecule has 3 aromatic carbocycles. The number of carboxylic acids is 1. The maximum Gasteiger partial charge on any atom is 0.335 e. The second-order valence-corrected chi connectivity index (χ2v) is 10.7. The Labute approximate surface area is 190 Å². The summed E-state index contributed by atoms with van der Waals surface area (Å²) in [6, 6.07) is 20.7. The number of rotatable bonds is 7. The second kappa shape index (κ2) is 9.27. The van der Waals surface area contributed by atoms with E-state index in [9.17, 15) is 18.3 Å². The first-order chi connectivity index (χ1) is 15.0. The van der Waals surface area contributed by atoms with Crippen LogP contribution in [0.1, 0.15) is 47.8 Å². The van der Waals surface area contributed by atoms with Gasteiger partial charge in [-0.1, -0.05) is 75.4 Å². The number of nitrogens with one attached hydrogen (secondary N) is 1. The van der Waals surface area contributed by atoms with Crippen molar-refractivity contribution >= 4 is 16.0 Å². The summed E-state index contributed by atoms with van der Waals surface area (Å²) >= 11 is 0. The number of sulfonamides is 1. The highest BCUT2D eigenvalue weighted by Crippen LogP contribution is 2.26. The molecule has 0 aromatic heterocycles. The Hall–Kier alpha value is -2.96. The van der Waals surface area contributed by atoms with Crippen LogP contribution in [0.15, 0.2) is 71.6 Å². The Morgan fingerprint density at radius 3 is 2.00 bits per heavy atom. The summed E-state index contributed by atoms with van der Waals surface area (Å²) in [5.41, 5.74) is 5.16. The van der Waals surface area contributed by atoms with E-state index in [4.69, 9.17) is 0 Å². The summed E-state index contributed by atoms with van der Waals surface area (Å²) in [6.45, 7) is 8.42. The fourth-order valence-electron chi connectivity index (χ4n) is 3.44. The smallest absolute Gasteiger partial charge is 0.335 e. The van der Waals surface area contributed by atoms with Crippen molar-refractivity contribution in [3.8, 4) is 11.1 Å². The van der Waals surface area contributed by atoms with Crippen molar-refractivity contribution in [2.24, 2.45) is 0 Å². The molecular weight excluding hydrogens is 422 g/mol. The topological polar surface area (TPSA) is 83.5 Å². The standard InChI is InChI=1S/C26H29NO4S/c1-18-5-14-23(17-24(18)25(28)29)32(30,31)27-16-15-19-6-8-20(9-7-19)21-10-12-22(13-11-21)26(2,3)4/h5-14,17,27H,15-16H2,1-4H3,(H,28,29). The number of benzene rings is 3. The Morgan fingerprint density at radius 1 is 0.906 bits per heavy atom. The van der Waals surface area contributed by atoms with Gasteiger partial charge in [0.15, 0.2) is 0 Å². The van der Waals surface area contributed by atoms with Gasteiger partial charge in [0.25, 0.3) is 0 Å². The van der Waals surface area contributed by atoms with E-state index in [0.717, 1.165) is 16.7 Å². The highest BCUT2D eigenvalue weighted by molar-refractivity contribution is 7.89. The predicted octanol–water partition coefficient (Wildman–Crippen LogP) is 5.18. The minimum atomic E-state index is -3.78. The number of carbonyl (C=O) groups is 1. The molecule has 0 unspecified atom stereocenters. The van der Waals surface area contributed by atoms with Gasteiger partial charge in [0.1, 0.15) is 0 Å². The fourth-order valence-corrected chi connectivity index (χ4v) is 4.50. The molecule has 0 fully saturated rings. The van der Waals surface area contributed by atoms with Gasteiger partial charge in [-0.3, -0.25) is 0 Å². The Morgan fingerprint density at radius 2 is 1.47 bits per heavy atom. The molecule has 2 N–H and O–H groups in total. The van der Waals surface area contributed by atoms with Crippen LogP contribution in [0.25, 0.3) is 11.1 Å². The highest BCUT2D eigenvalue weighted by Gasteiger charge is 2.17. The van der Waals surface area contributed by atoms with Gasteiger partial charge >= 0.3 is 5.97 Å². The number of aryl methyl sites for hydroxylation is 1. The van der Waals surface area contributed by atoms with Crippen LogP contribution in [0.5, 0.6) is 0 Å². The van der Waals surface area contributed by atoms with Crippen LogP contribution in [0, 0.1) is 6.92 Å². The summed E-state index contributed by atoms with van der Waals surface area (Å²) < 4.78 is 27.6. The molecule has 0 heterocycles. The number of carboxylic acid groups (broad SMARTS) is 1. The molecule has 168 valence electrons. The average Bonchev–Trinajstić information content (AvgIpc) is 2.73. The van der Waals surface area contributed by atoms with E-state index in [1.165, 1.54) is 23.8 Å². The molecule has 5 nitrogen and oxygen atoms in total. The summed E-state index contributed by atoms with van der Waals surface area (Å²) in [6.07, 6.45) is 0.528. The van der Waals surface area contributed by atoms with Crippen LogP contribution < -0.4 is 4.72 Å². The second-order valence-electron chi connectivity index (χ2n) is 8.95. The van der Waals surface area contributed by atoms with Crippen LogP contribution in [-0.4, -0.2) is 26.0 Å². The van der Waals surface area contributed by atoms with Gasteiger partial charge < -0.3 is 5.11 Å². The van der Waals surface area contributed by atoms with E-state index < -0.39 is 16.0 Å². The molecule has 6 heteroatoms. The fraction of sp³-hybridized carbons (Fsp3) is 0.269. The maximum absolute atomic E-state index is 12.5. The molecule has 0 aliphatic heterocycles. The maximum atomic E-state index is 12.5. The summed E-state index contributed by atoms with van der Waals surface area (Å²) in [4.78, 5) is 11.2. The van der Waals surface area contributed by atoms with E-state index in [1.54, 1.807) is 6.92 Å². The summed E-state index contributed by atoms with van der Waals surface area (Å²) in [5, 5.41) is 9.22. The lowest BCUT2D eigenvalue weighted by Crippen LogP contribution is -2.26. The summed E-state index contributed by atoms with van der Waals surface area (Å²) in [5.74, 6) is -1.15. The van der Waals surface area contributed by atoms with Crippen LogP contribution >= 0.6 is 0 Å². The van der Waals surface area contributed by atoms with Crippen molar-refractivity contribution in [1.82, 2.24) is 4.72 Å². The monoisotopic (exact) mass is 451 g/mol. The zero-order chi connectivity index (χ0) is 23.5. The van der Waals surface area contributed by atoms with Gasteiger partial charge in [0.05, 0.1) is 10.5 Å². The van der Waals surface area contributed by atoms with Crippen molar-refractivity contribution in [2.45, 2.75) is 44.4 Å². The number of hydrogen-bond donors (Lipinski definition) is 2. The van der Waals surface area contributed by atoms with Gasteiger partial charge in [-0.05, 0) is 58.7 Å². The zero-order valence-corrected chi connectivity index (χ0v) is 19.7. The lowest BCUT2D eigenvalue weighted by Gasteiger charge is -2.19. The molecule has 0 amide bonds. The van der Waals surface area contributed by atoms with Gasteiger partial charge in [-0.15, -0.1) is 0 Å². The van der Waals surface area contributed by atoms with Crippen LogP contribution in [0.4, 0.5) is 0 Å². The summed E-state index contributed by atoms with van der Waals surface area (Å²) in [7, 11) is -3.78. The molecule has 0 aliphatic carbocycles. The SMILES string of the molecule is Cc1ccc(S(=O)(=O)NCCc2ccc(-c3ccc(C(C)(C)C)cc3)cc2)cc1C(=O)O. The van der Waals surface area contributed by atoms with E-state index in [2.05, 4.69) is 49.8 Å². The van der Waals surface area contributed by atoms with Gasteiger partial charge in [0, 0.05) is 6.54 Å². The Kier molecular flexibility index (Phi) is 6.86. The largest absolute Gasteiger partial charge is 0.478 e. The average molecular weight is 452 g/mol. The van der Waals surface area contributed by atoms with Crippen molar-refractivity contribution in [1.29, 1.82) is 0 Å². The number of hydrogen-bond acceptors (Lipinski definition) is 3. The first kappa shape index (κ1) is 23.7. The predicted molar refractivity (Wildman–Crippen MR) is 128 cm³/mol. The van der Waals surface area contributed by atoms with E-state index >= 15 is 0 Å². The molecular formula is C26H29NO4S. The molecule has 0 saturated carbocycles. The Bertz CT molecular complexity index is 1210. The molecule has 0 aliphatic rings. The zero-order valence-electron chi connectivity index (χ0n) is 18.8. The van der Waals surface area contributed by atoms with Crippen molar-refractivity contribution < 1.29 is 18.3 Å². The number of aromatic carboxylic acids is 1. The highest BCUT2D eigenvalue weighted by atomic mass is 32.2. The third kappa shape index (κ3) is 5.64. The third-order valence-electron chi connectivity index (χ3n) is 5.49. The lowest BCUT2D eigenvalue weighted by molar-refractivity contribution is 0.0696. The molecule has 0 radical (unpaired) electrons. The van der Waals surface area contributed by atoms with Gasteiger partial charge in [-0.2, -0.15) is 0 Å². The normalized spacial score (nSPS) is 12.0. The quantitative estimate of drug-likeness (QED) is 0.519. The van der Waals surface area contributed by atoms with E-state index in [-0.39, 0.29) is 22.4 Å². The lowest BCUT2D eigenvalue weighted by atomic mass is 9.86. The molecule has 0 atom stereocenters. The van der Waals surface area contributed by atoms with Crippen LogP contribution in [-0.2, 0) is 21.9 Å². The first-order valence-corrected chi connectivity index (χ1v) is 12.0. The molecule has 3 aromatic rings. The van der Waals surface area contributed by atoms with Crippen LogP contribution in [0.3, 0.4) is 0 Å². The van der Waals surface area contributed by atoms with Crippen molar-refractivity contribution in [3.05, 3.63) is 89.0 Å². The van der Waals surface area contributed by atoms with Crippen molar-refractivity contribution in [3.63, 3.8) is 0 Å². The van der Waals surface area contributed by atoms with E-state index in [0.29, 0.717) is 12.0 Å². The third-order valence-corrected chi connectivity index (χ3v) is 6.95. The Balaban J connectivity index is 1.63. The minimum absolute atomic E-state index is 0.0148. The minimum Gasteiger partial charge on any atom is -0.478 e. The molecule has 0 bridgehead atoms. The molecule has 32 heavy (non-hydrogen) atoms.